The normalized spacial score (nSPS) is 11.3. The van der Waals surface area contributed by atoms with Gasteiger partial charge in [-0.3, -0.25) is 9.69 Å². The lowest BCUT2D eigenvalue weighted by atomic mass is 10.1. The van der Waals surface area contributed by atoms with E-state index in [0.717, 1.165) is 18.0 Å². The summed E-state index contributed by atoms with van der Waals surface area (Å²) in [5.41, 5.74) is 0.747. The van der Waals surface area contributed by atoms with Crippen LogP contribution < -0.4 is 5.32 Å². The number of carbonyl (C=O) groups excluding carboxylic acids is 1. The molecule has 0 fully saturated rings. The summed E-state index contributed by atoms with van der Waals surface area (Å²) in [5.74, 6) is 1.10. The van der Waals surface area contributed by atoms with Crippen molar-refractivity contribution < 1.29 is 14.1 Å². The van der Waals surface area contributed by atoms with Crippen LogP contribution in [0.4, 0.5) is 0 Å². The monoisotopic (exact) mass is 269 g/mol. The molecule has 1 amide bonds. The molecule has 0 unspecified atom stereocenters. The predicted molar refractivity (Wildman–Crippen MR) is 71.8 cm³/mol. The highest BCUT2D eigenvalue weighted by Crippen LogP contribution is 2.14. The van der Waals surface area contributed by atoms with Crippen LogP contribution >= 0.6 is 0 Å². The van der Waals surface area contributed by atoms with Crippen LogP contribution in [0, 0.1) is 0 Å². The molecule has 0 spiro atoms. The molecule has 0 aliphatic heterocycles. The van der Waals surface area contributed by atoms with Crippen LogP contribution in [0.3, 0.4) is 0 Å². The van der Waals surface area contributed by atoms with Crippen molar-refractivity contribution in [2.24, 2.45) is 0 Å². The lowest BCUT2D eigenvalue weighted by Crippen LogP contribution is -2.36. The van der Waals surface area contributed by atoms with Crippen LogP contribution in [0.25, 0.3) is 0 Å². The summed E-state index contributed by atoms with van der Waals surface area (Å²) in [6.07, 6.45) is 0. The number of hydrogen-bond acceptors (Lipinski definition) is 5. The van der Waals surface area contributed by atoms with Gasteiger partial charge in [0.2, 0.25) is 5.91 Å². The van der Waals surface area contributed by atoms with E-state index in [-0.39, 0.29) is 5.91 Å². The molecule has 6 heteroatoms. The van der Waals surface area contributed by atoms with E-state index in [1.54, 1.807) is 7.11 Å². The summed E-state index contributed by atoms with van der Waals surface area (Å²) in [7, 11) is 3.52. The molecule has 1 aromatic rings. The summed E-state index contributed by atoms with van der Waals surface area (Å²) in [6.45, 7) is 6.16. The third kappa shape index (κ3) is 5.85. The maximum absolute atomic E-state index is 11.7. The van der Waals surface area contributed by atoms with Gasteiger partial charge in [0.25, 0.3) is 0 Å². The molecule has 1 N–H and O–H groups in total. The molecule has 1 heterocycles. The van der Waals surface area contributed by atoms with Gasteiger partial charge in [-0.25, -0.2) is 0 Å². The smallest absolute Gasteiger partial charge is 0.234 e. The molecule has 0 atom stereocenters. The van der Waals surface area contributed by atoms with Crippen molar-refractivity contribution in [1.29, 1.82) is 0 Å². The van der Waals surface area contributed by atoms with Crippen molar-refractivity contribution in [2.75, 3.05) is 33.9 Å². The third-order valence-corrected chi connectivity index (χ3v) is 2.70. The van der Waals surface area contributed by atoms with Gasteiger partial charge in [0, 0.05) is 25.6 Å². The second-order valence-corrected chi connectivity index (χ2v) is 4.88. The Morgan fingerprint density at radius 2 is 2.32 bits per heavy atom. The molecule has 0 radical (unpaired) electrons. The molecule has 6 nitrogen and oxygen atoms in total. The molecule has 0 aromatic carbocycles. The van der Waals surface area contributed by atoms with Crippen molar-refractivity contribution in [3.8, 4) is 0 Å². The van der Waals surface area contributed by atoms with E-state index in [9.17, 15) is 4.79 Å². The van der Waals surface area contributed by atoms with Gasteiger partial charge in [-0.05, 0) is 7.05 Å². The predicted octanol–water partition coefficient (Wildman–Crippen LogP) is 0.992. The zero-order valence-electron chi connectivity index (χ0n) is 12.1. The van der Waals surface area contributed by atoms with E-state index in [0.29, 0.717) is 25.6 Å². The van der Waals surface area contributed by atoms with Crippen molar-refractivity contribution in [1.82, 2.24) is 15.4 Å². The largest absolute Gasteiger partial charge is 0.383 e. The quantitative estimate of drug-likeness (QED) is 0.762. The van der Waals surface area contributed by atoms with Crippen LogP contribution in [-0.4, -0.2) is 49.8 Å². The van der Waals surface area contributed by atoms with E-state index < -0.39 is 0 Å². The minimum Gasteiger partial charge on any atom is -0.383 e. The highest BCUT2D eigenvalue weighted by atomic mass is 16.5. The maximum atomic E-state index is 11.7. The number of ether oxygens (including phenoxy) is 1. The average molecular weight is 269 g/mol. The summed E-state index contributed by atoms with van der Waals surface area (Å²) in [6, 6.07) is 1.87. The van der Waals surface area contributed by atoms with E-state index in [2.05, 4.69) is 10.5 Å². The summed E-state index contributed by atoms with van der Waals surface area (Å²) in [5, 5.41) is 6.73. The van der Waals surface area contributed by atoms with Gasteiger partial charge >= 0.3 is 0 Å². The lowest BCUT2D eigenvalue weighted by Gasteiger charge is -2.15. The van der Waals surface area contributed by atoms with Crippen molar-refractivity contribution in [3.05, 3.63) is 17.5 Å². The SMILES string of the molecule is COCCN(C)CC(=O)NCc1cc(C(C)C)on1. The fraction of sp³-hybridized carbons (Fsp3) is 0.692. The van der Waals surface area contributed by atoms with Crippen molar-refractivity contribution >= 4 is 5.91 Å². The summed E-state index contributed by atoms with van der Waals surface area (Å²) in [4.78, 5) is 13.6. The molecule has 1 aromatic heterocycles. The fourth-order valence-electron chi connectivity index (χ4n) is 1.50. The molecular formula is C13H23N3O3. The van der Waals surface area contributed by atoms with Gasteiger partial charge in [0.05, 0.1) is 19.7 Å². The maximum Gasteiger partial charge on any atom is 0.234 e. The first-order valence-electron chi connectivity index (χ1n) is 6.42. The van der Waals surface area contributed by atoms with E-state index in [1.807, 2.05) is 31.9 Å². The number of aromatic nitrogens is 1. The Bertz CT molecular complexity index is 390. The van der Waals surface area contributed by atoms with Gasteiger partial charge in [0.15, 0.2) is 0 Å². The number of nitrogens with zero attached hydrogens (tertiary/aromatic N) is 2. The standard InChI is InChI=1S/C13H23N3O3/c1-10(2)12-7-11(15-19-12)8-14-13(17)9-16(3)5-6-18-4/h7,10H,5-6,8-9H2,1-4H3,(H,14,17). The molecule has 0 aliphatic carbocycles. The van der Waals surface area contributed by atoms with Crippen LogP contribution in [0.15, 0.2) is 10.6 Å². The molecule has 0 saturated carbocycles. The van der Waals surface area contributed by atoms with Gasteiger partial charge in [-0.1, -0.05) is 19.0 Å². The Morgan fingerprint density at radius 3 is 2.89 bits per heavy atom. The number of carbonyl (C=O) groups is 1. The minimum atomic E-state index is -0.0345. The van der Waals surface area contributed by atoms with Crippen LogP contribution in [0.2, 0.25) is 0 Å². The van der Waals surface area contributed by atoms with Gasteiger partial charge < -0.3 is 14.6 Å². The van der Waals surface area contributed by atoms with Crippen LogP contribution in [-0.2, 0) is 16.1 Å². The summed E-state index contributed by atoms with van der Waals surface area (Å²) >= 11 is 0. The highest BCUT2D eigenvalue weighted by molar-refractivity contribution is 5.77. The molecule has 0 saturated heterocycles. The average Bonchev–Trinajstić information content (AvgIpc) is 2.83. The molecule has 0 bridgehead atoms. The second-order valence-electron chi connectivity index (χ2n) is 4.88. The number of methoxy groups -OCH3 is 1. The first-order valence-corrected chi connectivity index (χ1v) is 6.42. The Labute approximate surface area is 114 Å². The first-order chi connectivity index (χ1) is 9.02. The van der Waals surface area contributed by atoms with E-state index in [4.69, 9.17) is 9.26 Å². The minimum absolute atomic E-state index is 0.0345. The topological polar surface area (TPSA) is 67.6 Å². The molecular weight excluding hydrogens is 246 g/mol. The zero-order valence-corrected chi connectivity index (χ0v) is 12.1. The first kappa shape index (κ1) is 15.7. The summed E-state index contributed by atoms with van der Waals surface area (Å²) < 4.78 is 10.1. The van der Waals surface area contributed by atoms with E-state index >= 15 is 0 Å². The number of rotatable bonds is 8. The zero-order chi connectivity index (χ0) is 14.3. The van der Waals surface area contributed by atoms with Crippen LogP contribution in [0.5, 0.6) is 0 Å². The number of amides is 1. The number of likely N-dealkylation sites (N-methyl/N-ethyl adjacent to an activating group) is 1. The molecule has 19 heavy (non-hydrogen) atoms. The van der Waals surface area contributed by atoms with Crippen molar-refractivity contribution in [3.63, 3.8) is 0 Å². The molecule has 0 aliphatic rings. The van der Waals surface area contributed by atoms with Gasteiger partial charge in [-0.15, -0.1) is 0 Å². The van der Waals surface area contributed by atoms with Gasteiger partial charge in [-0.2, -0.15) is 0 Å². The molecule has 1 rings (SSSR count). The fourth-order valence-corrected chi connectivity index (χ4v) is 1.50. The Hall–Kier alpha value is -1.40. The highest BCUT2D eigenvalue weighted by Gasteiger charge is 2.10. The van der Waals surface area contributed by atoms with Crippen LogP contribution in [0.1, 0.15) is 31.2 Å². The van der Waals surface area contributed by atoms with Gasteiger partial charge in [0.1, 0.15) is 11.5 Å². The number of hydrogen-bond donors (Lipinski definition) is 1. The number of nitrogens with one attached hydrogen (secondary N) is 1. The molecule has 108 valence electrons. The third-order valence-electron chi connectivity index (χ3n) is 2.70. The second kappa shape index (κ2) is 7.91. The Kier molecular flexibility index (Phi) is 6.52. The Balaban J connectivity index is 2.29. The van der Waals surface area contributed by atoms with Crippen molar-refractivity contribution in [2.45, 2.75) is 26.3 Å². The van der Waals surface area contributed by atoms with E-state index in [1.165, 1.54) is 0 Å². The Morgan fingerprint density at radius 1 is 1.58 bits per heavy atom. The lowest BCUT2D eigenvalue weighted by molar-refractivity contribution is -0.122.